The predicted octanol–water partition coefficient (Wildman–Crippen LogP) is 2.59. The highest BCUT2D eigenvalue weighted by molar-refractivity contribution is 7.09. The summed E-state index contributed by atoms with van der Waals surface area (Å²) in [5, 5.41) is 15.0. The van der Waals surface area contributed by atoms with Gasteiger partial charge in [-0.2, -0.15) is 0 Å². The van der Waals surface area contributed by atoms with Crippen LogP contribution in [0.15, 0.2) is 35.7 Å². The first kappa shape index (κ1) is 14.8. The van der Waals surface area contributed by atoms with Gasteiger partial charge < -0.3 is 19.9 Å². The molecule has 0 saturated carbocycles. The quantitative estimate of drug-likeness (QED) is 0.824. The van der Waals surface area contributed by atoms with Crippen molar-refractivity contribution in [1.82, 2.24) is 5.32 Å². The third-order valence-electron chi connectivity index (χ3n) is 3.10. The van der Waals surface area contributed by atoms with Crippen molar-refractivity contribution in [3.05, 3.63) is 46.2 Å². The zero-order chi connectivity index (χ0) is 14.4. The van der Waals surface area contributed by atoms with Gasteiger partial charge in [0.15, 0.2) is 0 Å². The van der Waals surface area contributed by atoms with E-state index in [1.165, 1.54) is 4.88 Å². The number of aliphatic hydroxyl groups is 1. The number of benzene rings is 1. The van der Waals surface area contributed by atoms with Crippen molar-refractivity contribution >= 4 is 11.3 Å². The summed E-state index contributed by atoms with van der Waals surface area (Å²) in [5.74, 6) is 1.49. The summed E-state index contributed by atoms with van der Waals surface area (Å²) >= 11 is 1.69. The molecule has 0 saturated heterocycles. The van der Waals surface area contributed by atoms with Crippen molar-refractivity contribution in [3.63, 3.8) is 0 Å². The molecule has 0 bridgehead atoms. The molecule has 0 aliphatic rings. The first-order valence-corrected chi connectivity index (χ1v) is 7.25. The van der Waals surface area contributed by atoms with E-state index in [1.807, 2.05) is 29.6 Å². The zero-order valence-corrected chi connectivity index (χ0v) is 12.4. The van der Waals surface area contributed by atoms with Gasteiger partial charge in [-0.1, -0.05) is 6.07 Å². The molecule has 1 heterocycles. The van der Waals surface area contributed by atoms with Gasteiger partial charge in [0, 0.05) is 17.0 Å². The fraction of sp³-hybridized carbons (Fsp3) is 0.333. The fourth-order valence-electron chi connectivity index (χ4n) is 2.02. The molecular formula is C15H19NO3S. The van der Waals surface area contributed by atoms with Crippen molar-refractivity contribution in [2.24, 2.45) is 0 Å². The van der Waals surface area contributed by atoms with Crippen molar-refractivity contribution < 1.29 is 14.6 Å². The van der Waals surface area contributed by atoms with E-state index in [1.54, 1.807) is 25.6 Å². The van der Waals surface area contributed by atoms with Crippen molar-refractivity contribution in [3.8, 4) is 11.5 Å². The van der Waals surface area contributed by atoms with Gasteiger partial charge in [-0.3, -0.25) is 0 Å². The smallest absolute Gasteiger partial charge is 0.123 e. The number of hydrogen-bond acceptors (Lipinski definition) is 5. The second-order valence-electron chi connectivity index (χ2n) is 4.30. The maximum absolute atomic E-state index is 9.64. The minimum atomic E-state index is -0.192. The molecule has 1 aromatic heterocycles. The van der Waals surface area contributed by atoms with Crippen LogP contribution in [-0.2, 0) is 6.54 Å². The average molecular weight is 293 g/mol. The van der Waals surface area contributed by atoms with Crippen LogP contribution in [0, 0.1) is 0 Å². The number of hydrogen-bond donors (Lipinski definition) is 2. The van der Waals surface area contributed by atoms with Crippen molar-refractivity contribution in [1.29, 1.82) is 0 Å². The summed E-state index contributed by atoms with van der Waals surface area (Å²) in [6.07, 6.45) is 0. The Bertz CT molecular complexity index is 528. The zero-order valence-electron chi connectivity index (χ0n) is 11.6. The number of methoxy groups -OCH3 is 2. The van der Waals surface area contributed by atoms with Crippen molar-refractivity contribution in [2.45, 2.75) is 12.6 Å². The summed E-state index contributed by atoms with van der Waals surface area (Å²) in [5.41, 5.74) is 0.894. The summed E-state index contributed by atoms with van der Waals surface area (Å²) in [6.45, 7) is 0.707. The Labute approximate surface area is 123 Å². The second kappa shape index (κ2) is 7.28. The molecule has 2 N–H and O–H groups in total. The molecule has 0 amide bonds. The van der Waals surface area contributed by atoms with E-state index in [0.717, 1.165) is 17.1 Å². The maximum Gasteiger partial charge on any atom is 0.123 e. The Morgan fingerprint density at radius 1 is 1.25 bits per heavy atom. The van der Waals surface area contributed by atoms with Gasteiger partial charge in [0.05, 0.1) is 26.9 Å². The molecule has 0 radical (unpaired) electrons. The highest BCUT2D eigenvalue weighted by Crippen LogP contribution is 2.29. The van der Waals surface area contributed by atoms with E-state index in [9.17, 15) is 5.11 Å². The summed E-state index contributed by atoms with van der Waals surface area (Å²) in [7, 11) is 3.25. The lowest BCUT2D eigenvalue weighted by molar-refractivity contribution is 0.240. The number of rotatable bonds is 7. The van der Waals surface area contributed by atoms with Gasteiger partial charge >= 0.3 is 0 Å². The second-order valence-corrected chi connectivity index (χ2v) is 5.34. The van der Waals surface area contributed by atoms with Gasteiger partial charge in [0.1, 0.15) is 11.5 Å². The Morgan fingerprint density at radius 2 is 2.10 bits per heavy atom. The Hall–Kier alpha value is -1.56. The monoisotopic (exact) mass is 293 g/mol. The molecule has 4 nitrogen and oxygen atoms in total. The molecule has 1 unspecified atom stereocenters. The van der Waals surface area contributed by atoms with Gasteiger partial charge in [-0.15, -0.1) is 11.3 Å². The van der Waals surface area contributed by atoms with Crippen LogP contribution >= 0.6 is 11.3 Å². The van der Waals surface area contributed by atoms with Gasteiger partial charge in [0.2, 0.25) is 0 Å². The minimum Gasteiger partial charge on any atom is -0.497 e. The molecular weight excluding hydrogens is 274 g/mol. The maximum atomic E-state index is 9.64. The lowest BCUT2D eigenvalue weighted by Gasteiger charge is -2.19. The van der Waals surface area contributed by atoms with Crippen LogP contribution in [0.25, 0.3) is 0 Å². The first-order valence-electron chi connectivity index (χ1n) is 6.37. The highest BCUT2D eigenvalue weighted by atomic mass is 32.1. The molecule has 108 valence electrons. The van der Waals surface area contributed by atoms with Gasteiger partial charge in [0.25, 0.3) is 0 Å². The Morgan fingerprint density at radius 3 is 2.70 bits per heavy atom. The third kappa shape index (κ3) is 3.50. The molecule has 0 spiro atoms. The molecule has 5 heteroatoms. The molecule has 1 atom stereocenters. The van der Waals surface area contributed by atoms with Crippen LogP contribution in [0.5, 0.6) is 11.5 Å². The van der Waals surface area contributed by atoms with Crippen LogP contribution in [-0.4, -0.2) is 25.9 Å². The van der Waals surface area contributed by atoms with E-state index in [2.05, 4.69) is 11.4 Å². The lowest BCUT2D eigenvalue weighted by atomic mass is 10.1. The minimum absolute atomic E-state index is 0.00506. The number of aliphatic hydroxyl groups excluding tert-OH is 1. The van der Waals surface area contributed by atoms with Crippen LogP contribution in [0.4, 0.5) is 0 Å². The van der Waals surface area contributed by atoms with Crippen LogP contribution in [0.3, 0.4) is 0 Å². The topological polar surface area (TPSA) is 50.7 Å². The summed E-state index contributed by atoms with van der Waals surface area (Å²) in [4.78, 5) is 1.23. The number of thiophene rings is 1. The molecule has 20 heavy (non-hydrogen) atoms. The normalized spacial score (nSPS) is 12.2. The molecule has 1 aromatic carbocycles. The van der Waals surface area contributed by atoms with E-state index >= 15 is 0 Å². The van der Waals surface area contributed by atoms with Gasteiger partial charge in [-0.25, -0.2) is 0 Å². The largest absolute Gasteiger partial charge is 0.497 e. The molecule has 0 fully saturated rings. The molecule has 0 aliphatic carbocycles. The number of ether oxygens (including phenoxy) is 2. The average Bonchev–Trinajstić information content (AvgIpc) is 3.01. The van der Waals surface area contributed by atoms with Crippen LogP contribution in [0.2, 0.25) is 0 Å². The Kier molecular flexibility index (Phi) is 5.40. The van der Waals surface area contributed by atoms with E-state index in [0.29, 0.717) is 6.54 Å². The summed E-state index contributed by atoms with van der Waals surface area (Å²) < 4.78 is 10.6. The number of nitrogens with one attached hydrogen (secondary N) is 1. The van der Waals surface area contributed by atoms with E-state index < -0.39 is 0 Å². The molecule has 2 aromatic rings. The third-order valence-corrected chi connectivity index (χ3v) is 3.97. The summed E-state index contributed by atoms with van der Waals surface area (Å²) in [6, 6.07) is 9.47. The van der Waals surface area contributed by atoms with E-state index in [4.69, 9.17) is 9.47 Å². The molecule has 0 aliphatic heterocycles. The lowest BCUT2D eigenvalue weighted by Crippen LogP contribution is -2.24. The SMILES string of the molecule is COc1ccc(OC)c(C(CO)NCc2cccs2)c1. The first-order chi connectivity index (χ1) is 9.78. The van der Waals surface area contributed by atoms with Crippen LogP contribution < -0.4 is 14.8 Å². The standard InChI is InChI=1S/C15H19NO3S/c1-18-11-5-6-15(19-2)13(8-11)14(10-17)16-9-12-4-3-7-20-12/h3-8,14,16-17H,9-10H2,1-2H3. The Balaban J connectivity index is 2.16. The predicted molar refractivity (Wildman–Crippen MR) is 80.5 cm³/mol. The van der Waals surface area contributed by atoms with Crippen molar-refractivity contribution in [2.75, 3.05) is 20.8 Å². The van der Waals surface area contributed by atoms with Gasteiger partial charge in [-0.05, 0) is 29.6 Å². The molecule has 2 rings (SSSR count). The fourth-order valence-corrected chi connectivity index (χ4v) is 2.68. The van der Waals surface area contributed by atoms with Crippen LogP contribution in [0.1, 0.15) is 16.5 Å². The van der Waals surface area contributed by atoms with E-state index in [-0.39, 0.29) is 12.6 Å². The highest BCUT2D eigenvalue weighted by Gasteiger charge is 2.16.